The van der Waals surface area contributed by atoms with Crippen molar-refractivity contribution in [1.29, 1.82) is 0 Å². The van der Waals surface area contributed by atoms with E-state index in [9.17, 15) is 14.7 Å². The highest BCUT2D eigenvalue weighted by atomic mass is 35.5. The number of nitrogens with two attached hydrogens (primary N) is 1. The summed E-state index contributed by atoms with van der Waals surface area (Å²) in [5.74, 6) is -0.455. The molecule has 0 spiro atoms. The molecule has 0 aliphatic carbocycles. The third-order valence-electron chi connectivity index (χ3n) is 2.46. The molecule has 1 rings (SSSR count). The predicted molar refractivity (Wildman–Crippen MR) is 69.8 cm³/mol. The number of hydrogen-bond acceptors (Lipinski definition) is 4. The monoisotopic (exact) mass is 286 g/mol. The normalized spacial score (nSPS) is 11.7. The van der Waals surface area contributed by atoms with Crippen LogP contribution in [-0.4, -0.2) is 23.2 Å². The van der Waals surface area contributed by atoms with E-state index in [1.165, 1.54) is 6.92 Å². The molecule has 0 aliphatic heterocycles. The number of primary amides is 1. The molecule has 2 amide bonds. The molecule has 6 nitrogen and oxygen atoms in total. The molecule has 7 heteroatoms. The van der Waals surface area contributed by atoms with Crippen LogP contribution in [0.2, 0.25) is 5.02 Å². The van der Waals surface area contributed by atoms with E-state index in [4.69, 9.17) is 17.3 Å². The molecule has 0 bridgehead atoms. The van der Waals surface area contributed by atoms with Gasteiger partial charge < -0.3 is 20.9 Å². The Kier molecular flexibility index (Phi) is 5.00. The van der Waals surface area contributed by atoms with Crippen LogP contribution in [0.1, 0.15) is 18.1 Å². The zero-order valence-electron chi connectivity index (χ0n) is 10.6. The molecule has 19 heavy (non-hydrogen) atoms. The van der Waals surface area contributed by atoms with Gasteiger partial charge in [0.25, 0.3) is 5.91 Å². The summed E-state index contributed by atoms with van der Waals surface area (Å²) in [5, 5.41) is 12.8. The van der Waals surface area contributed by atoms with Gasteiger partial charge in [0.2, 0.25) is 0 Å². The van der Waals surface area contributed by atoms with Crippen molar-refractivity contribution < 1.29 is 19.4 Å². The van der Waals surface area contributed by atoms with E-state index < -0.39 is 18.1 Å². The number of hydrogen-bond donors (Lipinski definition) is 3. The van der Waals surface area contributed by atoms with E-state index in [0.717, 1.165) is 0 Å². The van der Waals surface area contributed by atoms with Gasteiger partial charge >= 0.3 is 6.09 Å². The fraction of sp³-hybridized carbons (Fsp3) is 0.333. The molecule has 0 heterocycles. The maximum Gasteiger partial charge on any atom is 0.405 e. The van der Waals surface area contributed by atoms with Gasteiger partial charge in [-0.3, -0.25) is 4.79 Å². The third-order valence-corrected chi connectivity index (χ3v) is 2.68. The molecule has 104 valence electrons. The van der Waals surface area contributed by atoms with Crippen LogP contribution in [0, 0.1) is 6.92 Å². The first-order valence-corrected chi connectivity index (χ1v) is 5.91. The molecule has 0 radical (unpaired) electrons. The summed E-state index contributed by atoms with van der Waals surface area (Å²) >= 11 is 5.86. The number of phenolic OH excluding ortho intramolecular Hbond substituents is 1. The number of carbonyl (C=O) groups is 2. The van der Waals surface area contributed by atoms with Crippen molar-refractivity contribution in [3.63, 3.8) is 0 Å². The average molecular weight is 287 g/mol. The Balaban J connectivity index is 2.67. The highest BCUT2D eigenvalue weighted by Gasteiger charge is 2.16. The molecule has 1 aromatic rings. The van der Waals surface area contributed by atoms with E-state index in [1.54, 1.807) is 19.1 Å². The Hall–Kier alpha value is -1.95. The summed E-state index contributed by atoms with van der Waals surface area (Å²) in [4.78, 5) is 22.1. The number of carbonyl (C=O) groups excluding carboxylic acids is 2. The maximum atomic E-state index is 11.6. The smallest absolute Gasteiger partial charge is 0.405 e. The third kappa shape index (κ3) is 4.33. The fourth-order valence-corrected chi connectivity index (χ4v) is 1.79. The molecular weight excluding hydrogens is 272 g/mol. The Morgan fingerprint density at radius 2 is 2.16 bits per heavy atom. The maximum absolute atomic E-state index is 11.6. The predicted octanol–water partition coefficient (Wildman–Crippen LogP) is 1.45. The van der Waals surface area contributed by atoms with E-state index >= 15 is 0 Å². The number of aromatic hydroxyl groups is 1. The van der Waals surface area contributed by atoms with Crippen LogP contribution >= 0.6 is 11.6 Å². The van der Waals surface area contributed by atoms with Crippen molar-refractivity contribution in [2.24, 2.45) is 5.73 Å². The summed E-state index contributed by atoms with van der Waals surface area (Å²) in [5.41, 5.74) is 5.89. The van der Waals surface area contributed by atoms with Gasteiger partial charge in [0, 0.05) is 17.1 Å². The second kappa shape index (κ2) is 6.29. The molecule has 0 aromatic heterocycles. The molecular formula is C12H15ClN2O4. The van der Waals surface area contributed by atoms with Gasteiger partial charge in [-0.05, 0) is 31.5 Å². The first-order chi connectivity index (χ1) is 8.81. The van der Waals surface area contributed by atoms with Crippen molar-refractivity contribution in [1.82, 2.24) is 5.32 Å². The van der Waals surface area contributed by atoms with Crippen molar-refractivity contribution in [3.8, 4) is 5.75 Å². The van der Waals surface area contributed by atoms with Gasteiger partial charge in [-0.15, -0.1) is 0 Å². The van der Waals surface area contributed by atoms with Crippen LogP contribution in [0.3, 0.4) is 0 Å². The summed E-state index contributed by atoms with van der Waals surface area (Å²) in [7, 11) is 0. The van der Waals surface area contributed by atoms with Gasteiger partial charge in [-0.25, -0.2) is 4.79 Å². The van der Waals surface area contributed by atoms with Crippen molar-refractivity contribution in [3.05, 3.63) is 28.3 Å². The summed E-state index contributed by atoms with van der Waals surface area (Å²) in [6.07, 6.45) is -2.02. The van der Waals surface area contributed by atoms with Crippen LogP contribution in [-0.2, 0) is 16.1 Å². The Morgan fingerprint density at radius 1 is 1.53 bits per heavy atom. The lowest BCUT2D eigenvalue weighted by Crippen LogP contribution is -2.36. The van der Waals surface area contributed by atoms with Crippen LogP contribution in [0.25, 0.3) is 0 Å². The number of phenols is 1. The number of amides is 2. The van der Waals surface area contributed by atoms with Crippen LogP contribution < -0.4 is 11.1 Å². The highest BCUT2D eigenvalue weighted by molar-refractivity contribution is 6.30. The molecule has 0 aliphatic rings. The van der Waals surface area contributed by atoms with Crippen molar-refractivity contribution in [2.75, 3.05) is 0 Å². The second-order valence-electron chi connectivity index (χ2n) is 4.03. The van der Waals surface area contributed by atoms with Crippen LogP contribution in [0.15, 0.2) is 12.1 Å². The topological polar surface area (TPSA) is 102 Å². The van der Waals surface area contributed by atoms with Gasteiger partial charge in [0.1, 0.15) is 5.75 Å². The van der Waals surface area contributed by atoms with Gasteiger partial charge in [-0.1, -0.05) is 11.6 Å². The molecule has 1 aromatic carbocycles. The second-order valence-corrected chi connectivity index (χ2v) is 4.46. The number of nitrogens with one attached hydrogen (secondary N) is 1. The molecule has 0 saturated carbocycles. The Morgan fingerprint density at radius 3 is 2.74 bits per heavy atom. The number of halogens is 1. The number of aryl methyl sites for hydroxylation is 1. The minimum Gasteiger partial charge on any atom is -0.507 e. The lowest BCUT2D eigenvalue weighted by Gasteiger charge is -2.13. The van der Waals surface area contributed by atoms with Crippen molar-refractivity contribution >= 4 is 23.6 Å². The Labute approximate surface area is 115 Å². The minimum atomic E-state index is -1.02. The molecule has 0 saturated heterocycles. The average Bonchev–Trinajstić information content (AvgIpc) is 2.30. The summed E-state index contributed by atoms with van der Waals surface area (Å²) < 4.78 is 4.52. The zero-order valence-corrected chi connectivity index (χ0v) is 11.3. The summed E-state index contributed by atoms with van der Waals surface area (Å²) in [6, 6.07) is 3.16. The van der Waals surface area contributed by atoms with Crippen LogP contribution in [0.4, 0.5) is 4.79 Å². The molecule has 1 atom stereocenters. The number of ether oxygens (including phenoxy) is 1. The lowest BCUT2D eigenvalue weighted by molar-refractivity contribution is -0.128. The lowest BCUT2D eigenvalue weighted by atomic mass is 10.1. The molecule has 0 unspecified atom stereocenters. The van der Waals surface area contributed by atoms with Gasteiger partial charge in [-0.2, -0.15) is 0 Å². The van der Waals surface area contributed by atoms with E-state index in [0.29, 0.717) is 16.1 Å². The quantitative estimate of drug-likeness (QED) is 0.779. The first-order valence-electron chi connectivity index (χ1n) is 5.53. The van der Waals surface area contributed by atoms with Crippen LogP contribution in [0.5, 0.6) is 5.75 Å². The largest absolute Gasteiger partial charge is 0.507 e. The number of rotatable bonds is 4. The highest BCUT2D eigenvalue weighted by Crippen LogP contribution is 2.26. The van der Waals surface area contributed by atoms with Gasteiger partial charge in [0.05, 0.1) is 0 Å². The molecule has 4 N–H and O–H groups in total. The first kappa shape index (κ1) is 15.1. The zero-order chi connectivity index (χ0) is 14.6. The fourth-order valence-electron chi connectivity index (χ4n) is 1.49. The standard InChI is InChI=1S/C12H15ClN2O4/c1-6-3-9(13)4-8(10(6)16)5-15-11(17)7(2)19-12(14)18/h3-4,7,16H,5H2,1-2H3,(H2,14,18)(H,15,17)/t7-/m0/s1. The van der Waals surface area contributed by atoms with E-state index in [2.05, 4.69) is 10.1 Å². The van der Waals surface area contributed by atoms with Gasteiger partial charge in [0.15, 0.2) is 6.10 Å². The Bertz CT molecular complexity index is 505. The molecule has 0 fully saturated rings. The van der Waals surface area contributed by atoms with E-state index in [-0.39, 0.29) is 12.3 Å². The minimum absolute atomic E-state index is 0.0631. The van der Waals surface area contributed by atoms with Crippen molar-refractivity contribution in [2.45, 2.75) is 26.5 Å². The number of benzene rings is 1. The summed E-state index contributed by atoms with van der Waals surface area (Å²) in [6.45, 7) is 3.16. The van der Waals surface area contributed by atoms with E-state index in [1.807, 2.05) is 0 Å². The SMILES string of the molecule is Cc1cc(Cl)cc(CNC(=O)[C@H](C)OC(N)=O)c1O.